The van der Waals surface area contributed by atoms with Crippen molar-refractivity contribution in [1.29, 1.82) is 0 Å². The molecule has 3 unspecified atom stereocenters. The first-order valence-corrected chi connectivity index (χ1v) is 5.21. The Morgan fingerprint density at radius 1 is 1.50 bits per heavy atom. The molecule has 2 bridgehead atoms. The minimum Gasteiger partial charge on any atom is -0.0876 e. The number of allylic oxidation sites excluding steroid dienone is 4. The van der Waals surface area contributed by atoms with Crippen molar-refractivity contribution >= 4 is 0 Å². The molecule has 0 aromatic rings. The normalized spacial score (nSPS) is 41.5. The molecule has 0 saturated heterocycles. The molecular formula is C12H18. The van der Waals surface area contributed by atoms with Crippen molar-refractivity contribution in [3.8, 4) is 0 Å². The van der Waals surface area contributed by atoms with E-state index >= 15 is 0 Å². The van der Waals surface area contributed by atoms with Crippen LogP contribution in [0.25, 0.3) is 0 Å². The number of rotatable bonds is 2. The highest BCUT2D eigenvalue weighted by molar-refractivity contribution is 5.30. The molecule has 0 heterocycles. The molecule has 3 atom stereocenters. The van der Waals surface area contributed by atoms with Crippen LogP contribution in [0.15, 0.2) is 23.8 Å². The first-order chi connectivity index (χ1) is 5.86. The maximum Gasteiger partial charge on any atom is -0.00145 e. The summed E-state index contributed by atoms with van der Waals surface area (Å²) in [5.74, 6) is 2.60. The first-order valence-electron chi connectivity index (χ1n) is 5.21. The average Bonchev–Trinajstić information content (AvgIpc) is 2.64. The summed E-state index contributed by atoms with van der Waals surface area (Å²) in [6, 6.07) is 0. The van der Waals surface area contributed by atoms with Gasteiger partial charge in [0.25, 0.3) is 0 Å². The van der Waals surface area contributed by atoms with Gasteiger partial charge in [0.1, 0.15) is 0 Å². The van der Waals surface area contributed by atoms with Crippen molar-refractivity contribution in [2.24, 2.45) is 17.8 Å². The summed E-state index contributed by atoms with van der Waals surface area (Å²) < 4.78 is 0. The van der Waals surface area contributed by atoms with E-state index in [1.54, 1.807) is 5.57 Å². The molecular weight excluding hydrogens is 144 g/mol. The van der Waals surface area contributed by atoms with E-state index in [-0.39, 0.29) is 0 Å². The van der Waals surface area contributed by atoms with Crippen molar-refractivity contribution in [2.75, 3.05) is 0 Å². The third kappa shape index (κ3) is 1.05. The Balaban J connectivity index is 2.18. The Labute approximate surface area is 75.4 Å². The smallest absolute Gasteiger partial charge is 0.00145 e. The van der Waals surface area contributed by atoms with Crippen LogP contribution in [-0.2, 0) is 0 Å². The van der Waals surface area contributed by atoms with Gasteiger partial charge < -0.3 is 0 Å². The zero-order valence-corrected chi connectivity index (χ0v) is 8.09. The number of hydrogen-bond donors (Lipinski definition) is 0. The van der Waals surface area contributed by atoms with Gasteiger partial charge in [-0.25, -0.2) is 0 Å². The van der Waals surface area contributed by atoms with Gasteiger partial charge in [-0.3, -0.25) is 0 Å². The second-order valence-corrected chi connectivity index (χ2v) is 4.07. The molecule has 0 aromatic carbocycles. The third-order valence-electron chi connectivity index (χ3n) is 3.42. The lowest BCUT2D eigenvalue weighted by molar-refractivity contribution is 0.471. The van der Waals surface area contributed by atoms with E-state index in [2.05, 4.69) is 32.1 Å². The molecule has 0 spiro atoms. The van der Waals surface area contributed by atoms with E-state index in [0.717, 1.165) is 17.8 Å². The summed E-state index contributed by atoms with van der Waals surface area (Å²) in [5, 5.41) is 0. The molecule has 0 heteroatoms. The van der Waals surface area contributed by atoms with Crippen LogP contribution in [0.2, 0.25) is 0 Å². The lowest BCUT2D eigenvalue weighted by Gasteiger charge is -2.20. The maximum atomic E-state index is 2.44. The predicted octanol–water partition coefficient (Wildman–Crippen LogP) is 3.55. The van der Waals surface area contributed by atoms with Gasteiger partial charge in [0, 0.05) is 0 Å². The fourth-order valence-corrected chi connectivity index (χ4v) is 2.91. The Kier molecular flexibility index (Phi) is 2.08. The van der Waals surface area contributed by atoms with Crippen LogP contribution in [-0.4, -0.2) is 0 Å². The minimum atomic E-state index is 0.816. The Hall–Kier alpha value is -0.520. The molecule has 2 aliphatic rings. The molecule has 2 aliphatic carbocycles. The summed E-state index contributed by atoms with van der Waals surface area (Å²) >= 11 is 0. The second-order valence-electron chi connectivity index (χ2n) is 4.07. The van der Waals surface area contributed by atoms with Crippen molar-refractivity contribution in [1.82, 2.24) is 0 Å². The van der Waals surface area contributed by atoms with E-state index in [1.165, 1.54) is 19.3 Å². The Morgan fingerprint density at radius 2 is 2.33 bits per heavy atom. The molecule has 66 valence electrons. The summed E-state index contributed by atoms with van der Waals surface area (Å²) in [4.78, 5) is 0. The highest BCUT2D eigenvalue weighted by Crippen LogP contribution is 2.49. The fourth-order valence-electron chi connectivity index (χ4n) is 2.91. The molecule has 0 radical (unpaired) electrons. The van der Waals surface area contributed by atoms with E-state index in [0.29, 0.717) is 0 Å². The van der Waals surface area contributed by atoms with E-state index in [1.807, 2.05) is 0 Å². The average molecular weight is 162 g/mol. The lowest BCUT2D eigenvalue weighted by Crippen LogP contribution is -2.09. The predicted molar refractivity (Wildman–Crippen MR) is 52.9 cm³/mol. The third-order valence-corrected chi connectivity index (χ3v) is 3.42. The van der Waals surface area contributed by atoms with Gasteiger partial charge in [-0.15, -0.1) is 0 Å². The standard InChI is InChI=1S/C12H18/c1-3-5-12-10-7-6-9(8-10)11(12)4-2/h4,6-7,9-10,12H,3,5,8H2,1-2H3. The van der Waals surface area contributed by atoms with Crippen LogP contribution in [0.4, 0.5) is 0 Å². The zero-order valence-electron chi connectivity index (χ0n) is 8.09. The summed E-state index contributed by atoms with van der Waals surface area (Å²) in [5.41, 5.74) is 1.73. The van der Waals surface area contributed by atoms with Crippen molar-refractivity contribution in [3.05, 3.63) is 23.8 Å². The lowest BCUT2D eigenvalue weighted by atomic mass is 9.85. The molecule has 0 aliphatic heterocycles. The molecule has 1 saturated carbocycles. The largest absolute Gasteiger partial charge is 0.0876 e. The van der Waals surface area contributed by atoms with Crippen molar-refractivity contribution < 1.29 is 0 Å². The summed E-state index contributed by atoms with van der Waals surface area (Å²) in [6.07, 6.45) is 11.3. The van der Waals surface area contributed by atoms with Crippen molar-refractivity contribution in [3.63, 3.8) is 0 Å². The van der Waals surface area contributed by atoms with E-state index < -0.39 is 0 Å². The molecule has 2 rings (SSSR count). The monoisotopic (exact) mass is 162 g/mol. The topological polar surface area (TPSA) is 0 Å². The molecule has 0 amide bonds. The van der Waals surface area contributed by atoms with Gasteiger partial charge in [-0.05, 0) is 37.5 Å². The van der Waals surface area contributed by atoms with E-state index in [4.69, 9.17) is 0 Å². The molecule has 0 nitrogen and oxygen atoms in total. The van der Waals surface area contributed by atoms with Gasteiger partial charge in [0.05, 0.1) is 0 Å². The van der Waals surface area contributed by atoms with Crippen LogP contribution in [0, 0.1) is 17.8 Å². The summed E-state index contributed by atoms with van der Waals surface area (Å²) in [7, 11) is 0. The van der Waals surface area contributed by atoms with Crippen LogP contribution >= 0.6 is 0 Å². The molecule has 12 heavy (non-hydrogen) atoms. The molecule has 1 fully saturated rings. The van der Waals surface area contributed by atoms with Gasteiger partial charge in [-0.2, -0.15) is 0 Å². The van der Waals surface area contributed by atoms with E-state index in [9.17, 15) is 0 Å². The fraction of sp³-hybridized carbons (Fsp3) is 0.667. The highest BCUT2D eigenvalue weighted by Gasteiger charge is 2.38. The molecule has 0 N–H and O–H groups in total. The highest BCUT2D eigenvalue weighted by atomic mass is 14.4. The maximum absolute atomic E-state index is 2.44. The van der Waals surface area contributed by atoms with Gasteiger partial charge in [0.15, 0.2) is 0 Å². The Morgan fingerprint density at radius 3 is 3.00 bits per heavy atom. The molecule has 0 aromatic heterocycles. The number of hydrogen-bond acceptors (Lipinski definition) is 0. The quantitative estimate of drug-likeness (QED) is 0.545. The zero-order chi connectivity index (χ0) is 8.55. The van der Waals surface area contributed by atoms with Gasteiger partial charge >= 0.3 is 0 Å². The van der Waals surface area contributed by atoms with Crippen molar-refractivity contribution in [2.45, 2.75) is 33.1 Å². The second kappa shape index (κ2) is 3.08. The van der Waals surface area contributed by atoms with Gasteiger partial charge in [-0.1, -0.05) is 37.1 Å². The van der Waals surface area contributed by atoms with Gasteiger partial charge in [0.2, 0.25) is 0 Å². The minimum absolute atomic E-state index is 0.816. The van der Waals surface area contributed by atoms with Crippen LogP contribution in [0.5, 0.6) is 0 Å². The SMILES string of the molecule is CC=C1C2C=CC(C2)C1CCC. The Bertz CT molecular complexity index is 222. The van der Waals surface area contributed by atoms with Crippen LogP contribution in [0.1, 0.15) is 33.1 Å². The first kappa shape index (κ1) is 8.10. The van der Waals surface area contributed by atoms with Crippen LogP contribution < -0.4 is 0 Å². The number of fused-ring (bicyclic) bond motifs is 2. The van der Waals surface area contributed by atoms with Crippen LogP contribution in [0.3, 0.4) is 0 Å². The summed E-state index contributed by atoms with van der Waals surface area (Å²) in [6.45, 7) is 4.50.